The number of phenolic OH excluding ortho intramolecular Hbond substituents is 1. The van der Waals surface area contributed by atoms with Crippen molar-refractivity contribution in [3.8, 4) is 17.2 Å². The first-order chi connectivity index (χ1) is 13.3. The molecule has 28 heavy (non-hydrogen) atoms. The van der Waals surface area contributed by atoms with E-state index in [1.807, 2.05) is 18.7 Å². The molecule has 154 valence electrons. The molecule has 0 aliphatic carbocycles. The second-order valence-electron chi connectivity index (χ2n) is 6.93. The molecule has 0 atom stereocenters. The third-order valence-corrected chi connectivity index (χ3v) is 4.42. The van der Waals surface area contributed by atoms with E-state index in [0.29, 0.717) is 38.3 Å². The van der Waals surface area contributed by atoms with Gasteiger partial charge in [-0.25, -0.2) is 0 Å². The molecule has 1 fully saturated rings. The fourth-order valence-corrected chi connectivity index (χ4v) is 2.98. The molecule has 2 N–H and O–H groups in total. The molecule has 8 heteroatoms. The van der Waals surface area contributed by atoms with Crippen molar-refractivity contribution < 1.29 is 24.2 Å². The summed E-state index contributed by atoms with van der Waals surface area (Å²) in [6.45, 7) is 6.67. The number of rotatable bonds is 7. The molecular formula is C20H29N3O5. The Kier molecular flexibility index (Phi) is 7.69. The molecule has 0 radical (unpaired) electrons. The molecule has 1 aliphatic heterocycles. The van der Waals surface area contributed by atoms with Crippen LogP contribution in [0.1, 0.15) is 19.4 Å². The van der Waals surface area contributed by atoms with Gasteiger partial charge in [-0.05, 0) is 37.6 Å². The van der Waals surface area contributed by atoms with Crippen LogP contribution in [0.2, 0.25) is 0 Å². The number of phenols is 1. The SMILES string of the molecule is COc1cc(/C=C/C(=O)N2CCN(CC(=O)NC(C)C)CC2)cc(OC)c1O. The molecule has 0 saturated carbocycles. The molecule has 8 nitrogen and oxygen atoms in total. The number of ether oxygens (including phenoxy) is 2. The van der Waals surface area contributed by atoms with Gasteiger partial charge < -0.3 is 24.8 Å². The zero-order chi connectivity index (χ0) is 20.7. The molecule has 0 unspecified atom stereocenters. The normalized spacial score (nSPS) is 15.1. The second kappa shape index (κ2) is 9.98. The van der Waals surface area contributed by atoms with Crippen molar-refractivity contribution in [2.75, 3.05) is 46.9 Å². The van der Waals surface area contributed by atoms with E-state index in [1.54, 1.807) is 23.1 Å². The fourth-order valence-electron chi connectivity index (χ4n) is 2.98. The number of hydrogen-bond donors (Lipinski definition) is 2. The number of methoxy groups -OCH3 is 2. The first-order valence-electron chi connectivity index (χ1n) is 9.27. The Morgan fingerprint density at radius 3 is 2.21 bits per heavy atom. The van der Waals surface area contributed by atoms with Gasteiger partial charge >= 0.3 is 0 Å². The molecular weight excluding hydrogens is 362 g/mol. The van der Waals surface area contributed by atoms with Crippen molar-refractivity contribution in [3.05, 3.63) is 23.8 Å². The average molecular weight is 391 g/mol. The number of benzene rings is 1. The van der Waals surface area contributed by atoms with Crippen molar-refractivity contribution in [2.24, 2.45) is 0 Å². The van der Waals surface area contributed by atoms with Gasteiger partial charge in [0.15, 0.2) is 11.5 Å². The van der Waals surface area contributed by atoms with E-state index < -0.39 is 0 Å². The monoisotopic (exact) mass is 391 g/mol. The molecule has 0 bridgehead atoms. The van der Waals surface area contributed by atoms with E-state index in [4.69, 9.17) is 9.47 Å². The van der Waals surface area contributed by atoms with Crippen LogP contribution in [0.4, 0.5) is 0 Å². The maximum atomic E-state index is 12.5. The molecule has 2 rings (SSSR count). The first kappa shape index (κ1) is 21.6. The highest BCUT2D eigenvalue weighted by Gasteiger charge is 2.21. The number of carbonyl (C=O) groups excluding carboxylic acids is 2. The van der Waals surface area contributed by atoms with Crippen molar-refractivity contribution in [3.63, 3.8) is 0 Å². The number of hydrogen-bond acceptors (Lipinski definition) is 6. The molecule has 1 aliphatic rings. The maximum Gasteiger partial charge on any atom is 0.246 e. The zero-order valence-corrected chi connectivity index (χ0v) is 16.9. The van der Waals surface area contributed by atoms with Gasteiger partial charge in [0.05, 0.1) is 20.8 Å². The molecule has 1 heterocycles. The molecule has 0 spiro atoms. The summed E-state index contributed by atoms with van der Waals surface area (Å²) >= 11 is 0. The van der Waals surface area contributed by atoms with Crippen LogP contribution in [-0.2, 0) is 9.59 Å². The number of nitrogens with zero attached hydrogens (tertiary/aromatic N) is 2. The Balaban J connectivity index is 1.91. The molecule has 1 saturated heterocycles. The van der Waals surface area contributed by atoms with Crippen LogP contribution in [-0.4, -0.2) is 79.7 Å². The summed E-state index contributed by atoms with van der Waals surface area (Å²) < 4.78 is 10.2. The number of amides is 2. The van der Waals surface area contributed by atoms with Gasteiger partial charge in [0.2, 0.25) is 17.6 Å². The highest BCUT2D eigenvalue weighted by molar-refractivity contribution is 5.92. The summed E-state index contributed by atoms with van der Waals surface area (Å²) in [7, 11) is 2.90. The minimum absolute atomic E-state index is 0.00453. The third-order valence-electron chi connectivity index (χ3n) is 4.42. The van der Waals surface area contributed by atoms with Gasteiger partial charge in [0.1, 0.15) is 0 Å². The lowest BCUT2D eigenvalue weighted by Crippen LogP contribution is -2.51. The fraction of sp³-hybridized carbons (Fsp3) is 0.500. The summed E-state index contributed by atoms with van der Waals surface area (Å²) in [5.74, 6) is 0.382. The lowest BCUT2D eigenvalue weighted by Gasteiger charge is -2.33. The first-order valence-corrected chi connectivity index (χ1v) is 9.27. The quantitative estimate of drug-likeness (QED) is 0.676. The molecule has 1 aromatic rings. The van der Waals surface area contributed by atoms with Gasteiger partial charge in [-0.15, -0.1) is 0 Å². The van der Waals surface area contributed by atoms with Gasteiger partial charge in [0.25, 0.3) is 0 Å². The Bertz CT molecular complexity index is 700. The number of carbonyl (C=O) groups is 2. The Labute approximate surface area is 165 Å². The highest BCUT2D eigenvalue weighted by atomic mass is 16.5. The third kappa shape index (κ3) is 5.88. The van der Waals surface area contributed by atoms with E-state index in [-0.39, 0.29) is 35.1 Å². The number of nitrogens with one attached hydrogen (secondary N) is 1. The highest BCUT2D eigenvalue weighted by Crippen LogP contribution is 2.37. The molecule has 1 aromatic carbocycles. The van der Waals surface area contributed by atoms with Crippen LogP contribution in [0.15, 0.2) is 18.2 Å². The summed E-state index contributed by atoms with van der Waals surface area (Å²) in [6.07, 6.45) is 3.15. The minimum atomic E-state index is -0.0997. The largest absolute Gasteiger partial charge is 0.502 e. The second-order valence-corrected chi connectivity index (χ2v) is 6.93. The topological polar surface area (TPSA) is 91.3 Å². The maximum absolute atomic E-state index is 12.5. The zero-order valence-electron chi connectivity index (χ0n) is 16.9. The van der Waals surface area contributed by atoms with Crippen molar-refractivity contribution in [1.82, 2.24) is 15.1 Å². The minimum Gasteiger partial charge on any atom is -0.502 e. The molecule has 0 aromatic heterocycles. The predicted octanol–water partition coefficient (Wildman–Crippen LogP) is 1.09. The van der Waals surface area contributed by atoms with Crippen LogP contribution < -0.4 is 14.8 Å². The number of piperazine rings is 1. The molecule has 2 amide bonds. The number of aromatic hydroxyl groups is 1. The standard InChI is InChI=1S/C20H29N3O5/c1-14(2)21-18(24)13-22-7-9-23(10-8-22)19(25)6-5-15-11-16(27-3)20(26)17(12-15)28-4/h5-6,11-12,14,26H,7-10,13H2,1-4H3,(H,21,24)/b6-5+. The smallest absolute Gasteiger partial charge is 0.246 e. The van der Waals surface area contributed by atoms with E-state index >= 15 is 0 Å². The van der Waals surface area contributed by atoms with Crippen molar-refractivity contribution >= 4 is 17.9 Å². The Morgan fingerprint density at radius 2 is 1.71 bits per heavy atom. The lowest BCUT2D eigenvalue weighted by atomic mass is 10.1. The van der Waals surface area contributed by atoms with Crippen LogP contribution in [0, 0.1) is 0 Å². The van der Waals surface area contributed by atoms with Gasteiger partial charge in [-0.1, -0.05) is 0 Å². The van der Waals surface area contributed by atoms with Gasteiger partial charge in [-0.3, -0.25) is 14.5 Å². The van der Waals surface area contributed by atoms with E-state index in [0.717, 1.165) is 0 Å². The summed E-state index contributed by atoms with van der Waals surface area (Å²) in [6, 6.07) is 3.39. The van der Waals surface area contributed by atoms with Gasteiger partial charge in [-0.2, -0.15) is 0 Å². The lowest BCUT2D eigenvalue weighted by molar-refractivity contribution is -0.128. The van der Waals surface area contributed by atoms with Crippen LogP contribution in [0.25, 0.3) is 6.08 Å². The van der Waals surface area contributed by atoms with Gasteiger partial charge in [0, 0.05) is 38.3 Å². The predicted molar refractivity (Wildman–Crippen MR) is 107 cm³/mol. The van der Waals surface area contributed by atoms with E-state index in [1.165, 1.54) is 20.3 Å². The van der Waals surface area contributed by atoms with Crippen LogP contribution >= 0.6 is 0 Å². The Hall–Kier alpha value is -2.74. The van der Waals surface area contributed by atoms with Crippen LogP contribution in [0.5, 0.6) is 17.2 Å². The van der Waals surface area contributed by atoms with E-state index in [2.05, 4.69) is 5.32 Å². The Morgan fingerprint density at radius 1 is 1.14 bits per heavy atom. The average Bonchev–Trinajstić information content (AvgIpc) is 2.66. The summed E-state index contributed by atoms with van der Waals surface area (Å²) in [4.78, 5) is 28.1. The van der Waals surface area contributed by atoms with Crippen LogP contribution in [0.3, 0.4) is 0 Å². The van der Waals surface area contributed by atoms with Crippen molar-refractivity contribution in [2.45, 2.75) is 19.9 Å². The summed E-state index contributed by atoms with van der Waals surface area (Å²) in [5, 5.41) is 12.8. The van der Waals surface area contributed by atoms with E-state index in [9.17, 15) is 14.7 Å². The summed E-state index contributed by atoms with van der Waals surface area (Å²) in [5.41, 5.74) is 0.684. The van der Waals surface area contributed by atoms with Crippen molar-refractivity contribution in [1.29, 1.82) is 0 Å².